The number of hydrazine groups is 1. The SMILES string of the molecule is CC(C)C(NC(=O)c1ccncc1NN)c1cccs1. The van der Waals surface area contributed by atoms with Gasteiger partial charge < -0.3 is 10.7 Å². The Balaban J connectivity index is 2.21. The molecule has 0 bridgehead atoms. The minimum absolute atomic E-state index is 0.0127. The number of nitrogens with zero attached hydrogens (tertiary/aromatic N) is 1. The molecule has 2 heterocycles. The van der Waals surface area contributed by atoms with E-state index in [1.54, 1.807) is 23.6 Å². The van der Waals surface area contributed by atoms with Crippen molar-refractivity contribution in [2.45, 2.75) is 19.9 Å². The van der Waals surface area contributed by atoms with Gasteiger partial charge in [-0.3, -0.25) is 15.6 Å². The first-order valence-electron chi connectivity index (χ1n) is 6.38. The molecule has 5 nitrogen and oxygen atoms in total. The largest absolute Gasteiger partial charge is 0.344 e. The molecule has 106 valence electrons. The number of carbonyl (C=O) groups excluding carboxylic acids is 1. The lowest BCUT2D eigenvalue weighted by atomic mass is 10.0. The lowest BCUT2D eigenvalue weighted by molar-refractivity contribution is 0.0927. The van der Waals surface area contributed by atoms with Gasteiger partial charge in [-0.1, -0.05) is 19.9 Å². The van der Waals surface area contributed by atoms with E-state index < -0.39 is 0 Å². The fourth-order valence-corrected chi connectivity index (χ4v) is 2.91. The summed E-state index contributed by atoms with van der Waals surface area (Å²) in [6.45, 7) is 4.17. The van der Waals surface area contributed by atoms with Crippen LogP contribution in [0.4, 0.5) is 5.69 Å². The quantitative estimate of drug-likeness (QED) is 0.584. The molecular formula is C14H18N4OS. The van der Waals surface area contributed by atoms with Crippen molar-refractivity contribution in [3.63, 3.8) is 0 Å². The van der Waals surface area contributed by atoms with E-state index in [0.717, 1.165) is 4.88 Å². The van der Waals surface area contributed by atoms with Crippen molar-refractivity contribution in [3.8, 4) is 0 Å². The minimum atomic E-state index is -0.160. The van der Waals surface area contributed by atoms with Crippen molar-refractivity contribution in [1.82, 2.24) is 10.3 Å². The smallest absolute Gasteiger partial charge is 0.254 e. The summed E-state index contributed by atoms with van der Waals surface area (Å²) in [5.74, 6) is 5.55. The second-order valence-electron chi connectivity index (χ2n) is 4.78. The standard InChI is InChI=1S/C14H18N4OS/c1-9(2)13(12-4-3-7-20-12)17-14(19)10-5-6-16-8-11(10)18-15/h3-9,13,18H,15H2,1-2H3,(H,17,19). The summed E-state index contributed by atoms with van der Waals surface area (Å²) in [5, 5.41) is 5.07. The first kappa shape index (κ1) is 14.5. The Hall–Kier alpha value is -1.92. The Bertz CT molecular complexity index is 568. The Labute approximate surface area is 122 Å². The maximum absolute atomic E-state index is 12.4. The molecule has 2 rings (SSSR count). The van der Waals surface area contributed by atoms with Crippen LogP contribution in [0.3, 0.4) is 0 Å². The van der Waals surface area contributed by atoms with Gasteiger partial charge in [-0.2, -0.15) is 0 Å². The topological polar surface area (TPSA) is 80.0 Å². The second kappa shape index (κ2) is 6.49. The number of amides is 1. The van der Waals surface area contributed by atoms with Crippen LogP contribution in [-0.2, 0) is 0 Å². The van der Waals surface area contributed by atoms with Crippen LogP contribution in [0.1, 0.15) is 35.1 Å². The molecule has 1 atom stereocenters. The summed E-state index contributed by atoms with van der Waals surface area (Å²) in [5.41, 5.74) is 3.50. The molecule has 20 heavy (non-hydrogen) atoms. The number of aromatic nitrogens is 1. The van der Waals surface area contributed by atoms with E-state index in [9.17, 15) is 4.79 Å². The number of pyridine rings is 1. The Kier molecular flexibility index (Phi) is 4.70. The van der Waals surface area contributed by atoms with Crippen LogP contribution in [-0.4, -0.2) is 10.9 Å². The van der Waals surface area contributed by atoms with E-state index in [4.69, 9.17) is 5.84 Å². The summed E-state index contributed by atoms with van der Waals surface area (Å²) < 4.78 is 0. The molecule has 1 unspecified atom stereocenters. The number of nitrogen functional groups attached to an aromatic ring is 1. The number of anilines is 1. The molecule has 0 radical (unpaired) electrons. The zero-order chi connectivity index (χ0) is 14.5. The molecule has 0 aliphatic heterocycles. The normalized spacial score (nSPS) is 12.2. The predicted molar refractivity (Wildman–Crippen MR) is 81.4 cm³/mol. The van der Waals surface area contributed by atoms with E-state index in [-0.39, 0.29) is 11.9 Å². The van der Waals surface area contributed by atoms with Gasteiger partial charge in [0.15, 0.2) is 0 Å². The molecule has 1 amide bonds. The summed E-state index contributed by atoms with van der Waals surface area (Å²) in [4.78, 5) is 17.5. The lowest BCUT2D eigenvalue weighted by Crippen LogP contribution is -2.32. The molecule has 0 fully saturated rings. The Morgan fingerprint density at radius 2 is 2.20 bits per heavy atom. The van der Waals surface area contributed by atoms with Crippen LogP contribution in [0.5, 0.6) is 0 Å². The third-order valence-electron chi connectivity index (χ3n) is 3.02. The van der Waals surface area contributed by atoms with Crippen molar-refractivity contribution in [1.29, 1.82) is 0 Å². The first-order chi connectivity index (χ1) is 9.63. The number of nitrogens with one attached hydrogen (secondary N) is 2. The van der Waals surface area contributed by atoms with Gasteiger partial charge in [-0.25, -0.2) is 0 Å². The molecule has 0 saturated carbocycles. The van der Waals surface area contributed by atoms with Crippen molar-refractivity contribution in [3.05, 3.63) is 46.4 Å². The molecule has 2 aromatic rings. The summed E-state index contributed by atoms with van der Waals surface area (Å²) in [6.07, 6.45) is 3.11. The van der Waals surface area contributed by atoms with Crippen LogP contribution in [0.25, 0.3) is 0 Å². The predicted octanol–water partition coefficient (Wildman–Crippen LogP) is 2.56. The van der Waals surface area contributed by atoms with Gasteiger partial charge in [0.25, 0.3) is 5.91 Å². The molecule has 4 N–H and O–H groups in total. The molecule has 6 heteroatoms. The number of hydrogen-bond acceptors (Lipinski definition) is 5. The van der Waals surface area contributed by atoms with Crippen molar-refractivity contribution >= 4 is 22.9 Å². The molecule has 0 spiro atoms. The van der Waals surface area contributed by atoms with Crippen LogP contribution in [0, 0.1) is 5.92 Å². The van der Waals surface area contributed by atoms with Gasteiger partial charge in [0.1, 0.15) is 0 Å². The third-order valence-corrected chi connectivity index (χ3v) is 3.98. The average Bonchev–Trinajstić information content (AvgIpc) is 2.97. The number of carbonyl (C=O) groups is 1. The van der Waals surface area contributed by atoms with Gasteiger partial charge >= 0.3 is 0 Å². The van der Waals surface area contributed by atoms with Crippen molar-refractivity contribution < 1.29 is 4.79 Å². The lowest BCUT2D eigenvalue weighted by Gasteiger charge is -2.21. The highest BCUT2D eigenvalue weighted by molar-refractivity contribution is 7.10. The minimum Gasteiger partial charge on any atom is -0.344 e. The molecule has 0 saturated heterocycles. The Morgan fingerprint density at radius 3 is 2.80 bits per heavy atom. The maximum atomic E-state index is 12.4. The fourth-order valence-electron chi connectivity index (χ4n) is 1.96. The van der Waals surface area contributed by atoms with E-state index in [1.165, 1.54) is 6.20 Å². The average molecular weight is 290 g/mol. The van der Waals surface area contributed by atoms with E-state index >= 15 is 0 Å². The molecule has 0 aliphatic carbocycles. The summed E-state index contributed by atoms with van der Waals surface area (Å²) >= 11 is 1.64. The van der Waals surface area contributed by atoms with E-state index in [2.05, 4.69) is 29.6 Å². The van der Waals surface area contributed by atoms with Crippen molar-refractivity contribution in [2.75, 3.05) is 5.43 Å². The van der Waals surface area contributed by atoms with Crippen LogP contribution in [0.2, 0.25) is 0 Å². The summed E-state index contributed by atoms with van der Waals surface area (Å²) in [6, 6.07) is 5.66. The fraction of sp³-hybridized carbons (Fsp3) is 0.286. The number of nitrogens with two attached hydrogens (primary N) is 1. The zero-order valence-electron chi connectivity index (χ0n) is 11.5. The highest BCUT2D eigenvalue weighted by Gasteiger charge is 2.21. The number of rotatable bonds is 5. The van der Waals surface area contributed by atoms with Crippen LogP contribution < -0.4 is 16.6 Å². The molecule has 0 aromatic carbocycles. The first-order valence-corrected chi connectivity index (χ1v) is 7.26. The zero-order valence-corrected chi connectivity index (χ0v) is 12.3. The van der Waals surface area contributed by atoms with Crippen molar-refractivity contribution in [2.24, 2.45) is 11.8 Å². The monoisotopic (exact) mass is 290 g/mol. The molecule has 2 aromatic heterocycles. The number of hydrogen-bond donors (Lipinski definition) is 3. The van der Waals surface area contributed by atoms with E-state index in [1.807, 2.05) is 17.5 Å². The Morgan fingerprint density at radius 1 is 1.40 bits per heavy atom. The maximum Gasteiger partial charge on any atom is 0.254 e. The van der Waals surface area contributed by atoms with Gasteiger partial charge in [-0.15, -0.1) is 11.3 Å². The second-order valence-corrected chi connectivity index (χ2v) is 5.76. The van der Waals surface area contributed by atoms with E-state index in [0.29, 0.717) is 17.2 Å². The number of thiophene rings is 1. The van der Waals surface area contributed by atoms with Gasteiger partial charge in [-0.05, 0) is 23.4 Å². The van der Waals surface area contributed by atoms with Gasteiger partial charge in [0.2, 0.25) is 0 Å². The van der Waals surface area contributed by atoms with Crippen LogP contribution >= 0.6 is 11.3 Å². The third kappa shape index (κ3) is 3.15. The molecule has 0 aliphatic rings. The van der Waals surface area contributed by atoms with Gasteiger partial charge in [0.05, 0.1) is 23.5 Å². The molecular weight excluding hydrogens is 272 g/mol. The van der Waals surface area contributed by atoms with Crippen LogP contribution in [0.15, 0.2) is 36.0 Å². The van der Waals surface area contributed by atoms with Gasteiger partial charge in [0, 0.05) is 11.1 Å². The highest BCUT2D eigenvalue weighted by atomic mass is 32.1. The highest BCUT2D eigenvalue weighted by Crippen LogP contribution is 2.26. The summed E-state index contributed by atoms with van der Waals surface area (Å²) in [7, 11) is 0.